The largest absolute Gasteiger partial charge is 0.469 e. The molecule has 0 saturated heterocycles. The lowest BCUT2D eigenvalue weighted by Gasteiger charge is -2.07. The normalized spacial score (nSPS) is 9.95. The van der Waals surface area contributed by atoms with Crippen LogP contribution in [0.3, 0.4) is 0 Å². The van der Waals surface area contributed by atoms with Crippen molar-refractivity contribution in [2.75, 3.05) is 12.8 Å². The molecule has 0 aliphatic carbocycles. The molecule has 0 radical (unpaired) electrons. The quantitative estimate of drug-likeness (QED) is 0.675. The van der Waals surface area contributed by atoms with E-state index in [1.807, 2.05) is 24.3 Å². The van der Waals surface area contributed by atoms with Crippen LogP contribution >= 0.6 is 0 Å². The van der Waals surface area contributed by atoms with Gasteiger partial charge in [0.1, 0.15) is 11.5 Å². The molecule has 0 bridgehead atoms. The number of benzene rings is 2. The first kappa shape index (κ1) is 13.0. The lowest BCUT2D eigenvalue weighted by atomic mass is 10.1. The Morgan fingerprint density at radius 1 is 1.11 bits per heavy atom. The maximum atomic E-state index is 11.2. The lowest BCUT2D eigenvalue weighted by Crippen LogP contribution is -2.04. The molecule has 2 rings (SSSR count). The fourth-order valence-corrected chi connectivity index (χ4v) is 1.63. The molecule has 0 atom stereocenters. The molecule has 0 aromatic heterocycles. The standard InChI is InChI=1S/C15H15NO3/c1-18-15(17)10-11-3-2-4-14(9-11)19-13-7-5-12(16)6-8-13/h2-9H,10,16H2,1H3. The van der Waals surface area contributed by atoms with Gasteiger partial charge in [0.25, 0.3) is 0 Å². The monoisotopic (exact) mass is 257 g/mol. The Labute approximate surface area is 111 Å². The number of hydrogen-bond acceptors (Lipinski definition) is 4. The molecule has 0 saturated carbocycles. The van der Waals surface area contributed by atoms with Crippen molar-refractivity contribution in [1.29, 1.82) is 0 Å². The van der Waals surface area contributed by atoms with Crippen molar-refractivity contribution in [3.63, 3.8) is 0 Å². The second-order valence-electron chi connectivity index (χ2n) is 4.07. The van der Waals surface area contributed by atoms with E-state index in [1.54, 1.807) is 24.3 Å². The molecule has 0 amide bonds. The summed E-state index contributed by atoms with van der Waals surface area (Å²) in [6.45, 7) is 0. The number of nitrogens with two attached hydrogens (primary N) is 1. The van der Waals surface area contributed by atoms with Crippen LogP contribution in [0.4, 0.5) is 5.69 Å². The van der Waals surface area contributed by atoms with Crippen LogP contribution in [-0.4, -0.2) is 13.1 Å². The van der Waals surface area contributed by atoms with E-state index in [0.29, 0.717) is 17.2 Å². The summed E-state index contributed by atoms with van der Waals surface area (Å²) in [4.78, 5) is 11.2. The third kappa shape index (κ3) is 3.74. The van der Waals surface area contributed by atoms with Crippen LogP contribution in [0.2, 0.25) is 0 Å². The summed E-state index contributed by atoms with van der Waals surface area (Å²) in [7, 11) is 1.37. The molecule has 0 aliphatic rings. The van der Waals surface area contributed by atoms with Crippen molar-refractivity contribution in [3.05, 3.63) is 54.1 Å². The Kier molecular flexibility index (Phi) is 4.03. The molecule has 0 fully saturated rings. The van der Waals surface area contributed by atoms with E-state index in [-0.39, 0.29) is 12.4 Å². The van der Waals surface area contributed by atoms with Crippen LogP contribution in [0.1, 0.15) is 5.56 Å². The van der Waals surface area contributed by atoms with Crippen molar-refractivity contribution in [2.24, 2.45) is 0 Å². The average molecular weight is 257 g/mol. The van der Waals surface area contributed by atoms with Gasteiger partial charge in [-0.25, -0.2) is 0 Å². The van der Waals surface area contributed by atoms with Crippen molar-refractivity contribution >= 4 is 11.7 Å². The zero-order valence-corrected chi connectivity index (χ0v) is 10.6. The number of carbonyl (C=O) groups is 1. The third-order valence-electron chi connectivity index (χ3n) is 2.59. The van der Waals surface area contributed by atoms with Gasteiger partial charge in [-0.2, -0.15) is 0 Å². The molecule has 98 valence electrons. The van der Waals surface area contributed by atoms with Crippen LogP contribution < -0.4 is 10.5 Å². The van der Waals surface area contributed by atoms with Crippen molar-refractivity contribution in [3.8, 4) is 11.5 Å². The zero-order valence-electron chi connectivity index (χ0n) is 10.6. The van der Waals surface area contributed by atoms with E-state index in [1.165, 1.54) is 7.11 Å². The Bertz CT molecular complexity index is 564. The topological polar surface area (TPSA) is 61.5 Å². The summed E-state index contributed by atoms with van der Waals surface area (Å²) in [6, 6.07) is 14.5. The highest BCUT2D eigenvalue weighted by atomic mass is 16.5. The Morgan fingerprint density at radius 3 is 2.53 bits per heavy atom. The summed E-state index contributed by atoms with van der Waals surface area (Å²) < 4.78 is 10.3. The maximum absolute atomic E-state index is 11.2. The van der Waals surface area contributed by atoms with Gasteiger partial charge in [-0.1, -0.05) is 12.1 Å². The molecule has 4 heteroatoms. The van der Waals surface area contributed by atoms with Crippen LogP contribution in [-0.2, 0) is 16.0 Å². The number of rotatable bonds is 4. The number of ether oxygens (including phenoxy) is 2. The highest BCUT2D eigenvalue weighted by Crippen LogP contribution is 2.23. The fraction of sp³-hybridized carbons (Fsp3) is 0.133. The molecular formula is C15H15NO3. The fourth-order valence-electron chi connectivity index (χ4n) is 1.63. The van der Waals surface area contributed by atoms with Gasteiger partial charge in [-0.05, 0) is 42.0 Å². The predicted molar refractivity (Wildman–Crippen MR) is 73.1 cm³/mol. The van der Waals surface area contributed by atoms with Gasteiger partial charge in [0.05, 0.1) is 13.5 Å². The first-order chi connectivity index (χ1) is 9.17. The van der Waals surface area contributed by atoms with Gasteiger partial charge >= 0.3 is 5.97 Å². The minimum absolute atomic E-state index is 0.232. The summed E-state index contributed by atoms with van der Waals surface area (Å²) >= 11 is 0. The molecule has 0 unspecified atom stereocenters. The average Bonchev–Trinajstić information content (AvgIpc) is 2.42. The van der Waals surface area contributed by atoms with Gasteiger partial charge in [0, 0.05) is 5.69 Å². The molecule has 2 aromatic carbocycles. The predicted octanol–water partition coefficient (Wildman–Crippen LogP) is 2.78. The van der Waals surface area contributed by atoms with Gasteiger partial charge in [-0.3, -0.25) is 4.79 Å². The number of methoxy groups -OCH3 is 1. The molecule has 0 aliphatic heterocycles. The number of anilines is 1. The number of carbonyl (C=O) groups excluding carboxylic acids is 1. The van der Waals surface area contributed by atoms with Gasteiger partial charge in [0.2, 0.25) is 0 Å². The molecule has 0 heterocycles. The highest BCUT2D eigenvalue weighted by molar-refractivity contribution is 5.72. The first-order valence-electron chi connectivity index (χ1n) is 5.86. The minimum atomic E-state index is -0.273. The molecule has 19 heavy (non-hydrogen) atoms. The second kappa shape index (κ2) is 5.91. The molecule has 2 N–H and O–H groups in total. The summed E-state index contributed by atoms with van der Waals surface area (Å²) in [5, 5.41) is 0. The van der Waals surface area contributed by atoms with E-state index < -0.39 is 0 Å². The second-order valence-corrected chi connectivity index (χ2v) is 4.07. The number of hydrogen-bond donors (Lipinski definition) is 1. The van der Waals surface area contributed by atoms with Crippen LogP contribution in [0, 0.1) is 0 Å². The Balaban J connectivity index is 2.10. The summed E-state index contributed by atoms with van der Waals surface area (Å²) in [5.74, 6) is 1.10. The van der Waals surface area contributed by atoms with Crippen molar-refractivity contribution in [1.82, 2.24) is 0 Å². The summed E-state index contributed by atoms with van der Waals surface area (Å²) in [6.07, 6.45) is 0.232. The molecule has 0 spiro atoms. The zero-order chi connectivity index (χ0) is 13.7. The Morgan fingerprint density at radius 2 is 1.84 bits per heavy atom. The molecule has 2 aromatic rings. The summed E-state index contributed by atoms with van der Waals surface area (Å²) in [5.41, 5.74) is 7.14. The Hall–Kier alpha value is -2.49. The van der Waals surface area contributed by atoms with Gasteiger partial charge in [0.15, 0.2) is 0 Å². The smallest absolute Gasteiger partial charge is 0.309 e. The minimum Gasteiger partial charge on any atom is -0.469 e. The first-order valence-corrected chi connectivity index (χ1v) is 5.86. The number of nitrogen functional groups attached to an aromatic ring is 1. The lowest BCUT2D eigenvalue weighted by molar-refractivity contribution is -0.139. The van der Waals surface area contributed by atoms with E-state index in [9.17, 15) is 4.79 Å². The molecule has 4 nitrogen and oxygen atoms in total. The van der Waals surface area contributed by atoms with Crippen LogP contribution in [0.15, 0.2) is 48.5 Å². The van der Waals surface area contributed by atoms with E-state index in [2.05, 4.69) is 4.74 Å². The van der Waals surface area contributed by atoms with Crippen LogP contribution in [0.25, 0.3) is 0 Å². The molecular weight excluding hydrogens is 242 g/mol. The van der Waals surface area contributed by atoms with E-state index in [4.69, 9.17) is 10.5 Å². The van der Waals surface area contributed by atoms with Gasteiger partial charge < -0.3 is 15.2 Å². The van der Waals surface area contributed by atoms with E-state index >= 15 is 0 Å². The highest BCUT2D eigenvalue weighted by Gasteiger charge is 2.04. The van der Waals surface area contributed by atoms with Crippen molar-refractivity contribution < 1.29 is 14.3 Å². The van der Waals surface area contributed by atoms with E-state index in [0.717, 1.165) is 5.56 Å². The third-order valence-corrected chi connectivity index (χ3v) is 2.59. The van der Waals surface area contributed by atoms with Crippen molar-refractivity contribution in [2.45, 2.75) is 6.42 Å². The SMILES string of the molecule is COC(=O)Cc1cccc(Oc2ccc(N)cc2)c1. The maximum Gasteiger partial charge on any atom is 0.309 e. The number of esters is 1. The van der Waals surface area contributed by atoms with Gasteiger partial charge in [-0.15, -0.1) is 0 Å². The van der Waals surface area contributed by atoms with Crippen LogP contribution in [0.5, 0.6) is 11.5 Å².